The molecule has 0 N–H and O–H groups in total. The molecule has 4 rings (SSSR count). The number of benzene rings is 4. The monoisotopic (exact) mass is 394 g/mol. The van der Waals surface area contributed by atoms with Gasteiger partial charge in [0.2, 0.25) is 0 Å². The van der Waals surface area contributed by atoms with Crippen molar-refractivity contribution in [3.63, 3.8) is 0 Å². The normalized spacial score (nSPS) is 11.4. The molecule has 0 unspecified atom stereocenters. The second-order valence-corrected chi connectivity index (χ2v) is 8.69. The second-order valence-electron chi connectivity index (χ2n) is 8.69. The lowest BCUT2D eigenvalue weighted by Gasteiger charge is -2.08. The summed E-state index contributed by atoms with van der Waals surface area (Å²) in [4.78, 5) is 0. The number of hydrogen-bond donors (Lipinski definition) is 0. The van der Waals surface area contributed by atoms with Crippen LogP contribution in [0.3, 0.4) is 0 Å². The van der Waals surface area contributed by atoms with Gasteiger partial charge in [0.15, 0.2) is 0 Å². The molecule has 0 atom stereocenters. The lowest BCUT2D eigenvalue weighted by molar-refractivity contribution is 0.575. The van der Waals surface area contributed by atoms with E-state index in [4.69, 9.17) is 0 Å². The number of hydrogen-bond acceptors (Lipinski definition) is 0. The van der Waals surface area contributed by atoms with E-state index in [0.29, 0.717) is 0 Å². The Balaban J connectivity index is 1.41. The largest absolute Gasteiger partial charge is 0.0654 e. The first-order valence-electron chi connectivity index (χ1n) is 11.9. The predicted molar refractivity (Wildman–Crippen MR) is 133 cm³/mol. The molecule has 4 aromatic rings. The molecule has 0 heteroatoms. The van der Waals surface area contributed by atoms with Crippen molar-refractivity contribution in [1.29, 1.82) is 0 Å². The van der Waals surface area contributed by atoms with E-state index in [1.54, 1.807) is 0 Å². The first-order chi connectivity index (χ1) is 14.8. The molecule has 30 heavy (non-hydrogen) atoms. The average molecular weight is 395 g/mol. The number of fused-ring (bicyclic) bond motifs is 2. The van der Waals surface area contributed by atoms with Gasteiger partial charge in [-0.05, 0) is 69.3 Å². The lowest BCUT2D eigenvalue weighted by atomic mass is 9.96. The van der Waals surface area contributed by atoms with Crippen LogP contribution >= 0.6 is 0 Å². The van der Waals surface area contributed by atoms with Gasteiger partial charge in [0.1, 0.15) is 0 Å². The summed E-state index contributed by atoms with van der Waals surface area (Å²) in [5.41, 5.74) is 4.04. The van der Waals surface area contributed by atoms with E-state index in [1.165, 1.54) is 96.0 Å². The van der Waals surface area contributed by atoms with Gasteiger partial charge >= 0.3 is 0 Å². The molecule has 0 nitrogen and oxygen atoms in total. The Labute approximate surface area is 182 Å². The molecule has 0 radical (unpaired) electrons. The maximum atomic E-state index is 2.40. The molecule has 0 aliphatic carbocycles. The number of aryl methyl sites for hydroxylation is 1. The molecule has 0 aliphatic rings. The van der Waals surface area contributed by atoms with E-state index < -0.39 is 0 Å². The standard InChI is InChI=1S/C30H34/c1-2-3-4-5-6-7-8-10-13-24-16-17-27-23-30-21-26(25-14-11-9-12-15-25)18-19-28(30)22-29(27)20-24/h9,11-12,14-23H,2-8,10,13H2,1H3. The van der Waals surface area contributed by atoms with Crippen LogP contribution in [-0.2, 0) is 6.42 Å². The number of unbranched alkanes of at least 4 members (excludes halogenated alkanes) is 7. The molecular formula is C30H34. The van der Waals surface area contributed by atoms with E-state index in [9.17, 15) is 0 Å². The third kappa shape index (κ3) is 5.30. The molecule has 0 aromatic heterocycles. The zero-order chi connectivity index (χ0) is 20.6. The first-order valence-corrected chi connectivity index (χ1v) is 11.9. The van der Waals surface area contributed by atoms with Crippen LogP contribution in [0, 0.1) is 0 Å². The molecule has 154 valence electrons. The minimum Gasteiger partial charge on any atom is -0.0654 e. The van der Waals surface area contributed by atoms with E-state index in [2.05, 4.69) is 85.8 Å². The zero-order valence-corrected chi connectivity index (χ0v) is 18.4. The first kappa shape index (κ1) is 20.7. The fourth-order valence-corrected chi connectivity index (χ4v) is 4.48. The highest BCUT2D eigenvalue weighted by atomic mass is 14.1. The van der Waals surface area contributed by atoms with Crippen molar-refractivity contribution >= 4 is 21.5 Å². The molecule has 0 fully saturated rings. The van der Waals surface area contributed by atoms with E-state index in [-0.39, 0.29) is 0 Å². The summed E-state index contributed by atoms with van der Waals surface area (Å²) in [6.45, 7) is 2.29. The Bertz CT molecular complexity index is 1080. The van der Waals surface area contributed by atoms with Gasteiger partial charge in [0, 0.05) is 0 Å². The van der Waals surface area contributed by atoms with Crippen LogP contribution in [0.4, 0.5) is 0 Å². The summed E-state index contributed by atoms with van der Waals surface area (Å²) < 4.78 is 0. The van der Waals surface area contributed by atoms with Crippen LogP contribution in [-0.4, -0.2) is 0 Å². The summed E-state index contributed by atoms with van der Waals surface area (Å²) in [6.07, 6.45) is 12.3. The summed E-state index contributed by atoms with van der Waals surface area (Å²) in [7, 11) is 0. The molecule has 4 aromatic carbocycles. The Kier molecular flexibility index (Phi) is 7.19. The van der Waals surface area contributed by atoms with Crippen molar-refractivity contribution in [3.05, 3.63) is 84.4 Å². The van der Waals surface area contributed by atoms with Crippen LogP contribution in [0.5, 0.6) is 0 Å². The number of rotatable bonds is 10. The van der Waals surface area contributed by atoms with Gasteiger partial charge in [-0.25, -0.2) is 0 Å². The van der Waals surface area contributed by atoms with Crippen molar-refractivity contribution in [2.75, 3.05) is 0 Å². The maximum Gasteiger partial charge on any atom is -0.0171 e. The molecule has 0 heterocycles. The van der Waals surface area contributed by atoms with Crippen molar-refractivity contribution in [1.82, 2.24) is 0 Å². The molecule has 0 spiro atoms. The van der Waals surface area contributed by atoms with Crippen LogP contribution in [0.2, 0.25) is 0 Å². The quantitative estimate of drug-likeness (QED) is 0.186. The van der Waals surface area contributed by atoms with Crippen molar-refractivity contribution < 1.29 is 0 Å². The molecule has 0 aliphatic heterocycles. The minimum absolute atomic E-state index is 1.20. The fraction of sp³-hybridized carbons (Fsp3) is 0.333. The molecular weight excluding hydrogens is 360 g/mol. The lowest BCUT2D eigenvalue weighted by Crippen LogP contribution is -1.87. The van der Waals surface area contributed by atoms with E-state index in [0.717, 1.165) is 0 Å². The second kappa shape index (κ2) is 10.4. The van der Waals surface area contributed by atoms with Gasteiger partial charge in [-0.15, -0.1) is 0 Å². The summed E-state index contributed by atoms with van der Waals surface area (Å²) in [6, 6.07) is 29.2. The van der Waals surface area contributed by atoms with Gasteiger partial charge in [0.05, 0.1) is 0 Å². The minimum atomic E-state index is 1.20. The zero-order valence-electron chi connectivity index (χ0n) is 18.4. The molecule has 0 bridgehead atoms. The summed E-state index contributed by atoms with van der Waals surface area (Å²) in [5.74, 6) is 0. The van der Waals surface area contributed by atoms with E-state index in [1.807, 2.05) is 0 Å². The Hall–Kier alpha value is -2.60. The fourth-order valence-electron chi connectivity index (χ4n) is 4.48. The van der Waals surface area contributed by atoms with Gasteiger partial charge in [-0.1, -0.05) is 113 Å². The maximum absolute atomic E-state index is 2.40. The van der Waals surface area contributed by atoms with Crippen molar-refractivity contribution in [2.45, 2.75) is 64.7 Å². The van der Waals surface area contributed by atoms with Gasteiger partial charge in [0.25, 0.3) is 0 Å². The highest BCUT2D eigenvalue weighted by molar-refractivity contribution is 5.99. The smallest absolute Gasteiger partial charge is 0.0171 e. The van der Waals surface area contributed by atoms with Crippen molar-refractivity contribution in [3.8, 4) is 11.1 Å². The molecule has 0 saturated carbocycles. The van der Waals surface area contributed by atoms with Crippen molar-refractivity contribution in [2.24, 2.45) is 0 Å². The molecule has 0 amide bonds. The summed E-state index contributed by atoms with van der Waals surface area (Å²) in [5, 5.41) is 5.35. The Morgan fingerprint density at radius 2 is 1.10 bits per heavy atom. The Morgan fingerprint density at radius 3 is 1.83 bits per heavy atom. The third-order valence-electron chi connectivity index (χ3n) is 6.29. The third-order valence-corrected chi connectivity index (χ3v) is 6.29. The Morgan fingerprint density at radius 1 is 0.467 bits per heavy atom. The molecule has 0 saturated heterocycles. The van der Waals surface area contributed by atoms with Crippen LogP contribution in [0.25, 0.3) is 32.7 Å². The van der Waals surface area contributed by atoms with Crippen LogP contribution < -0.4 is 0 Å². The summed E-state index contributed by atoms with van der Waals surface area (Å²) >= 11 is 0. The highest BCUT2D eigenvalue weighted by Crippen LogP contribution is 2.28. The van der Waals surface area contributed by atoms with Crippen LogP contribution in [0.15, 0.2) is 78.9 Å². The predicted octanol–water partition coefficient (Wildman–Crippen LogP) is 9.34. The topological polar surface area (TPSA) is 0 Å². The van der Waals surface area contributed by atoms with Gasteiger partial charge in [-0.3, -0.25) is 0 Å². The SMILES string of the molecule is CCCCCCCCCCc1ccc2cc3cc(-c4ccccc4)ccc3cc2c1. The van der Waals surface area contributed by atoms with Gasteiger partial charge < -0.3 is 0 Å². The van der Waals surface area contributed by atoms with Crippen LogP contribution in [0.1, 0.15) is 63.9 Å². The van der Waals surface area contributed by atoms with E-state index >= 15 is 0 Å². The highest BCUT2D eigenvalue weighted by Gasteiger charge is 2.03. The van der Waals surface area contributed by atoms with Gasteiger partial charge in [-0.2, -0.15) is 0 Å². The average Bonchev–Trinajstić information content (AvgIpc) is 2.79.